The van der Waals surface area contributed by atoms with Gasteiger partial charge in [0.15, 0.2) is 0 Å². The predicted octanol–water partition coefficient (Wildman–Crippen LogP) is 5.67. The maximum atomic E-state index is 8.52. The van der Waals surface area contributed by atoms with Crippen molar-refractivity contribution < 1.29 is 0 Å². The van der Waals surface area contributed by atoms with Gasteiger partial charge in [-0.2, -0.15) is 0 Å². The van der Waals surface area contributed by atoms with Gasteiger partial charge < -0.3 is 0 Å². The molecular weight excluding hydrogens is 284 g/mol. The van der Waals surface area contributed by atoms with E-state index in [9.17, 15) is 0 Å². The highest BCUT2D eigenvalue weighted by Gasteiger charge is 2.44. The predicted molar refractivity (Wildman–Crippen MR) is 92.7 cm³/mol. The van der Waals surface area contributed by atoms with Crippen LogP contribution < -0.4 is 0 Å². The molecule has 0 amide bonds. The minimum absolute atomic E-state index is 0.687. The van der Waals surface area contributed by atoms with Crippen molar-refractivity contribution in [2.75, 3.05) is 0 Å². The third-order valence-electron chi connectivity index (χ3n) is 6.31. The summed E-state index contributed by atoms with van der Waals surface area (Å²) in [6, 6.07) is 10.7. The first kappa shape index (κ1) is 15.0. The Morgan fingerprint density at radius 1 is 0.870 bits per heavy atom. The molecule has 2 bridgehead atoms. The van der Waals surface area contributed by atoms with E-state index in [4.69, 9.17) is 5.53 Å². The normalized spacial score (nSPS) is 31.7. The average Bonchev–Trinajstić information content (AvgIpc) is 2.86. The molecule has 1 aliphatic carbocycles. The van der Waals surface area contributed by atoms with Crippen molar-refractivity contribution in [3.8, 4) is 0 Å². The van der Waals surface area contributed by atoms with E-state index in [1.165, 1.54) is 63.4 Å². The summed E-state index contributed by atoms with van der Waals surface area (Å²) in [5.74, 6) is 0.687. The van der Waals surface area contributed by atoms with Crippen molar-refractivity contribution in [1.82, 2.24) is 4.90 Å². The number of hydrogen-bond donors (Lipinski definition) is 0. The van der Waals surface area contributed by atoms with E-state index < -0.39 is 0 Å². The van der Waals surface area contributed by atoms with E-state index in [-0.39, 0.29) is 0 Å². The largest absolute Gasteiger partial charge is 0.294 e. The van der Waals surface area contributed by atoms with Crippen molar-refractivity contribution in [2.45, 2.75) is 81.8 Å². The smallest absolute Gasteiger partial charge is 0.0375 e. The SMILES string of the molecule is [N-]=[N+]=Nc1ccc(C2CC3CCC(C2)N3C2CCCCC2)cc1. The molecule has 1 saturated carbocycles. The van der Waals surface area contributed by atoms with Crippen molar-refractivity contribution in [3.05, 3.63) is 40.3 Å². The molecular formula is C19H26N4. The van der Waals surface area contributed by atoms with Crippen LogP contribution in [0.4, 0.5) is 5.69 Å². The van der Waals surface area contributed by atoms with Crippen LogP contribution in [0.1, 0.15) is 69.3 Å². The van der Waals surface area contributed by atoms with E-state index >= 15 is 0 Å². The Hall–Kier alpha value is -1.51. The fourth-order valence-corrected chi connectivity index (χ4v) is 5.33. The molecule has 3 aliphatic rings. The number of piperidine rings is 1. The summed E-state index contributed by atoms with van der Waals surface area (Å²) in [6.07, 6.45) is 12.6. The van der Waals surface area contributed by atoms with Gasteiger partial charge in [0.2, 0.25) is 0 Å². The molecule has 2 saturated heterocycles. The van der Waals surface area contributed by atoms with Gasteiger partial charge in [-0.1, -0.05) is 48.6 Å². The van der Waals surface area contributed by atoms with E-state index in [2.05, 4.69) is 27.1 Å². The zero-order valence-corrected chi connectivity index (χ0v) is 13.8. The third-order valence-corrected chi connectivity index (χ3v) is 6.31. The molecule has 3 fully saturated rings. The lowest BCUT2D eigenvalue weighted by Crippen LogP contribution is -2.49. The number of nitrogens with zero attached hydrogens (tertiary/aromatic N) is 4. The molecule has 23 heavy (non-hydrogen) atoms. The molecule has 4 heteroatoms. The highest BCUT2D eigenvalue weighted by atomic mass is 15.2. The summed E-state index contributed by atoms with van der Waals surface area (Å²) in [7, 11) is 0. The quantitative estimate of drug-likeness (QED) is 0.403. The van der Waals surface area contributed by atoms with Crippen molar-refractivity contribution in [1.29, 1.82) is 0 Å². The first-order chi connectivity index (χ1) is 11.3. The zero-order valence-electron chi connectivity index (χ0n) is 13.8. The summed E-state index contributed by atoms with van der Waals surface area (Å²) < 4.78 is 0. The second-order valence-corrected chi connectivity index (χ2v) is 7.57. The molecule has 0 aromatic heterocycles. The van der Waals surface area contributed by atoms with E-state index in [1.807, 2.05) is 12.1 Å². The number of benzene rings is 1. The Kier molecular flexibility index (Phi) is 4.28. The second-order valence-electron chi connectivity index (χ2n) is 7.57. The van der Waals surface area contributed by atoms with Crippen molar-refractivity contribution >= 4 is 5.69 Å². The molecule has 2 unspecified atom stereocenters. The van der Waals surface area contributed by atoms with Gasteiger partial charge in [0, 0.05) is 28.7 Å². The van der Waals surface area contributed by atoms with Crippen LogP contribution in [0.5, 0.6) is 0 Å². The number of hydrogen-bond acceptors (Lipinski definition) is 2. The first-order valence-corrected chi connectivity index (χ1v) is 9.27. The van der Waals surface area contributed by atoms with E-state index in [1.54, 1.807) is 0 Å². The Labute approximate surface area is 138 Å². The highest BCUT2D eigenvalue weighted by Crippen LogP contribution is 2.46. The van der Waals surface area contributed by atoms with Gasteiger partial charge in [0.1, 0.15) is 0 Å². The van der Waals surface area contributed by atoms with Crippen LogP contribution in [0.3, 0.4) is 0 Å². The fraction of sp³-hybridized carbons (Fsp3) is 0.684. The average molecular weight is 310 g/mol. The topological polar surface area (TPSA) is 52.0 Å². The molecule has 2 atom stereocenters. The van der Waals surface area contributed by atoms with Crippen LogP contribution in [0, 0.1) is 0 Å². The minimum Gasteiger partial charge on any atom is -0.294 e. The molecule has 4 nitrogen and oxygen atoms in total. The molecule has 1 aromatic carbocycles. The second kappa shape index (κ2) is 6.54. The fourth-order valence-electron chi connectivity index (χ4n) is 5.33. The molecule has 2 aliphatic heterocycles. The molecule has 1 aromatic rings. The van der Waals surface area contributed by atoms with E-state index in [0.29, 0.717) is 5.92 Å². The van der Waals surface area contributed by atoms with Crippen molar-refractivity contribution in [2.24, 2.45) is 5.11 Å². The van der Waals surface area contributed by atoms with Gasteiger partial charge in [-0.25, -0.2) is 0 Å². The minimum atomic E-state index is 0.687. The van der Waals surface area contributed by atoms with Crippen LogP contribution in [-0.2, 0) is 0 Å². The lowest BCUT2D eigenvalue weighted by Gasteiger charge is -2.45. The van der Waals surface area contributed by atoms with Crippen LogP contribution in [0.2, 0.25) is 0 Å². The summed E-state index contributed by atoms with van der Waals surface area (Å²) in [6.45, 7) is 0. The standard InChI is InChI=1S/C19H26N4/c20-22-21-16-8-6-14(7-9-16)15-12-18-10-11-19(13-15)23(18)17-4-2-1-3-5-17/h6-9,15,17-19H,1-5,10-13H2. The summed E-state index contributed by atoms with van der Waals surface area (Å²) in [5.41, 5.74) is 10.7. The number of azide groups is 1. The van der Waals surface area contributed by atoms with Gasteiger partial charge in [-0.3, -0.25) is 4.90 Å². The lowest BCUT2D eigenvalue weighted by atomic mass is 9.82. The number of rotatable bonds is 3. The van der Waals surface area contributed by atoms with Crippen LogP contribution >= 0.6 is 0 Å². The van der Waals surface area contributed by atoms with Crippen molar-refractivity contribution in [3.63, 3.8) is 0 Å². The molecule has 0 N–H and O–H groups in total. The summed E-state index contributed by atoms with van der Waals surface area (Å²) in [5, 5.41) is 3.68. The first-order valence-electron chi connectivity index (χ1n) is 9.27. The number of fused-ring (bicyclic) bond motifs is 2. The Balaban J connectivity index is 1.47. The molecule has 0 radical (unpaired) electrons. The monoisotopic (exact) mass is 310 g/mol. The summed E-state index contributed by atoms with van der Waals surface area (Å²) in [4.78, 5) is 5.78. The molecule has 2 heterocycles. The van der Waals surface area contributed by atoms with Gasteiger partial charge in [0.05, 0.1) is 0 Å². The van der Waals surface area contributed by atoms with E-state index in [0.717, 1.165) is 23.8 Å². The van der Waals surface area contributed by atoms with Crippen LogP contribution in [0.15, 0.2) is 29.4 Å². The summed E-state index contributed by atoms with van der Waals surface area (Å²) >= 11 is 0. The zero-order chi connectivity index (χ0) is 15.6. The Morgan fingerprint density at radius 3 is 2.13 bits per heavy atom. The molecule has 4 rings (SSSR count). The van der Waals surface area contributed by atoms with Crippen LogP contribution in [-0.4, -0.2) is 23.0 Å². The van der Waals surface area contributed by atoms with Crippen LogP contribution in [0.25, 0.3) is 10.4 Å². The maximum Gasteiger partial charge on any atom is 0.0375 e. The molecule has 0 spiro atoms. The highest BCUT2D eigenvalue weighted by molar-refractivity contribution is 5.40. The Bertz CT molecular complexity index is 570. The maximum absolute atomic E-state index is 8.52. The lowest BCUT2D eigenvalue weighted by molar-refractivity contribution is 0.0567. The van der Waals surface area contributed by atoms with Gasteiger partial charge in [-0.05, 0) is 55.5 Å². The Morgan fingerprint density at radius 2 is 1.52 bits per heavy atom. The van der Waals surface area contributed by atoms with Gasteiger partial charge in [0.25, 0.3) is 0 Å². The van der Waals surface area contributed by atoms with Gasteiger partial charge in [-0.15, -0.1) is 0 Å². The van der Waals surface area contributed by atoms with Gasteiger partial charge >= 0.3 is 0 Å². The molecule has 122 valence electrons. The third kappa shape index (κ3) is 2.98.